The quantitative estimate of drug-likeness (QED) is 0.694. The molecule has 138 valence electrons. The number of hydrogen-bond donors (Lipinski definition) is 2. The van der Waals surface area contributed by atoms with Crippen LogP contribution in [0.5, 0.6) is 0 Å². The molecule has 27 heavy (non-hydrogen) atoms. The Balaban J connectivity index is 1.78. The summed E-state index contributed by atoms with van der Waals surface area (Å²) in [5, 5.41) is 7.20. The van der Waals surface area contributed by atoms with E-state index in [1.165, 1.54) is 29.8 Å². The molecule has 2 aromatic carbocycles. The van der Waals surface area contributed by atoms with Gasteiger partial charge in [-0.05, 0) is 83.6 Å². The normalized spacial score (nSPS) is 23.7. The van der Waals surface area contributed by atoms with Gasteiger partial charge in [0.25, 0.3) is 0 Å². The summed E-state index contributed by atoms with van der Waals surface area (Å²) < 4.78 is 26.6. The van der Waals surface area contributed by atoms with Crippen molar-refractivity contribution in [3.63, 3.8) is 0 Å². The zero-order chi connectivity index (χ0) is 19.0. The Morgan fingerprint density at radius 1 is 0.963 bits per heavy atom. The van der Waals surface area contributed by atoms with E-state index in [-0.39, 0.29) is 17.7 Å². The maximum absolute atomic E-state index is 13.4. The van der Waals surface area contributed by atoms with E-state index < -0.39 is 0 Å². The topological polar surface area (TPSA) is 24.1 Å². The zero-order valence-electron chi connectivity index (χ0n) is 14.9. The Bertz CT molecular complexity index is 930. The van der Waals surface area contributed by atoms with Crippen molar-refractivity contribution < 1.29 is 8.78 Å². The van der Waals surface area contributed by atoms with Gasteiger partial charge in [-0.3, -0.25) is 0 Å². The molecule has 0 saturated carbocycles. The molecule has 0 saturated heterocycles. The molecule has 1 aliphatic heterocycles. The highest BCUT2D eigenvalue weighted by molar-refractivity contribution is 7.80. The third-order valence-electron chi connectivity index (χ3n) is 5.06. The van der Waals surface area contributed by atoms with Crippen molar-refractivity contribution in [1.29, 1.82) is 0 Å². The SMILES string of the molecule is CC1CC2=C(NC(=S)NC2c2ccc(F)cc2)/C(=C\c2ccc(F)cc2)C1. The largest absolute Gasteiger partial charge is 0.352 e. The fourth-order valence-electron chi connectivity index (χ4n) is 3.85. The van der Waals surface area contributed by atoms with E-state index in [0.29, 0.717) is 11.0 Å². The van der Waals surface area contributed by atoms with Gasteiger partial charge in [-0.1, -0.05) is 31.2 Å². The van der Waals surface area contributed by atoms with Crippen LogP contribution in [0.15, 0.2) is 65.4 Å². The number of benzene rings is 2. The Hall–Kier alpha value is -2.53. The molecule has 2 nitrogen and oxygen atoms in total. The van der Waals surface area contributed by atoms with Crippen molar-refractivity contribution in [2.45, 2.75) is 25.8 Å². The van der Waals surface area contributed by atoms with Crippen LogP contribution in [-0.2, 0) is 0 Å². The Morgan fingerprint density at radius 3 is 2.26 bits per heavy atom. The van der Waals surface area contributed by atoms with E-state index in [1.54, 1.807) is 24.3 Å². The number of hydrogen-bond acceptors (Lipinski definition) is 1. The van der Waals surface area contributed by atoms with Crippen LogP contribution in [0.1, 0.15) is 36.9 Å². The summed E-state index contributed by atoms with van der Waals surface area (Å²) in [7, 11) is 0. The van der Waals surface area contributed by atoms with Gasteiger partial charge in [0.05, 0.1) is 6.04 Å². The first-order valence-corrected chi connectivity index (χ1v) is 9.43. The van der Waals surface area contributed by atoms with E-state index in [0.717, 1.165) is 35.2 Å². The van der Waals surface area contributed by atoms with Gasteiger partial charge in [-0.15, -0.1) is 0 Å². The number of rotatable bonds is 2. The number of halogens is 2. The predicted molar refractivity (Wildman–Crippen MR) is 108 cm³/mol. The molecule has 2 N–H and O–H groups in total. The number of thiocarbonyl (C=S) groups is 1. The molecule has 1 heterocycles. The van der Waals surface area contributed by atoms with E-state index in [2.05, 4.69) is 23.6 Å². The van der Waals surface area contributed by atoms with Crippen LogP contribution < -0.4 is 10.6 Å². The van der Waals surface area contributed by atoms with E-state index in [4.69, 9.17) is 12.2 Å². The fourth-order valence-corrected chi connectivity index (χ4v) is 4.07. The molecule has 0 fully saturated rings. The summed E-state index contributed by atoms with van der Waals surface area (Å²) in [6, 6.07) is 13.0. The summed E-state index contributed by atoms with van der Waals surface area (Å²) in [5.74, 6) is -0.0290. The van der Waals surface area contributed by atoms with Crippen molar-refractivity contribution in [2.24, 2.45) is 5.92 Å². The summed E-state index contributed by atoms with van der Waals surface area (Å²) >= 11 is 5.43. The van der Waals surface area contributed by atoms with Crippen LogP contribution in [0.25, 0.3) is 6.08 Å². The van der Waals surface area contributed by atoms with Crippen LogP contribution in [0, 0.1) is 17.6 Å². The maximum atomic E-state index is 13.4. The van der Waals surface area contributed by atoms with Crippen molar-refractivity contribution in [1.82, 2.24) is 10.6 Å². The third-order valence-corrected chi connectivity index (χ3v) is 5.28. The standard InChI is InChI=1S/C22H20F2N2S/c1-13-10-16(12-14-2-6-17(23)7-3-14)21-19(11-13)20(25-22(27)26-21)15-4-8-18(24)9-5-15/h2-9,12-13,20H,10-11H2,1H3,(H2,25,26,27)/b16-12-. The van der Waals surface area contributed by atoms with Crippen LogP contribution in [-0.4, -0.2) is 5.11 Å². The van der Waals surface area contributed by atoms with Crippen LogP contribution in [0.3, 0.4) is 0 Å². The molecule has 4 rings (SSSR count). The third kappa shape index (κ3) is 3.78. The van der Waals surface area contributed by atoms with Gasteiger partial charge in [0, 0.05) is 5.70 Å². The van der Waals surface area contributed by atoms with Gasteiger partial charge in [-0.25, -0.2) is 8.78 Å². The summed E-state index contributed by atoms with van der Waals surface area (Å²) in [6.07, 6.45) is 3.94. The van der Waals surface area contributed by atoms with Crippen molar-refractivity contribution in [3.8, 4) is 0 Å². The van der Waals surface area contributed by atoms with Crippen LogP contribution in [0.2, 0.25) is 0 Å². The lowest BCUT2D eigenvalue weighted by molar-refractivity contribution is 0.499. The Labute approximate surface area is 163 Å². The molecule has 5 heteroatoms. The molecule has 1 aliphatic carbocycles. The average Bonchev–Trinajstić information content (AvgIpc) is 2.64. The van der Waals surface area contributed by atoms with E-state index >= 15 is 0 Å². The zero-order valence-corrected chi connectivity index (χ0v) is 15.7. The lowest BCUT2D eigenvalue weighted by atomic mass is 9.78. The second-order valence-electron chi connectivity index (χ2n) is 7.22. The van der Waals surface area contributed by atoms with Gasteiger partial charge in [-0.2, -0.15) is 0 Å². The van der Waals surface area contributed by atoms with Crippen molar-refractivity contribution >= 4 is 23.4 Å². The van der Waals surface area contributed by atoms with Crippen LogP contribution in [0.4, 0.5) is 8.78 Å². The first kappa shape index (κ1) is 17.9. The molecule has 0 radical (unpaired) electrons. The minimum Gasteiger partial charge on any atom is -0.352 e. The van der Waals surface area contributed by atoms with Crippen molar-refractivity contribution in [3.05, 3.63) is 88.1 Å². The molecule has 2 unspecified atom stereocenters. The molecule has 2 aromatic rings. The smallest absolute Gasteiger partial charge is 0.171 e. The van der Waals surface area contributed by atoms with Gasteiger partial charge in [0.1, 0.15) is 11.6 Å². The highest BCUT2D eigenvalue weighted by atomic mass is 32.1. The second kappa shape index (κ2) is 7.24. The summed E-state index contributed by atoms with van der Waals surface area (Å²) in [4.78, 5) is 0. The monoisotopic (exact) mass is 382 g/mol. The van der Waals surface area contributed by atoms with Gasteiger partial charge >= 0.3 is 0 Å². The Morgan fingerprint density at radius 2 is 1.59 bits per heavy atom. The maximum Gasteiger partial charge on any atom is 0.171 e. The minimum absolute atomic E-state index is 0.0753. The van der Waals surface area contributed by atoms with Gasteiger partial charge in [0.15, 0.2) is 5.11 Å². The Kier molecular flexibility index (Phi) is 4.79. The molecule has 0 bridgehead atoms. The van der Waals surface area contributed by atoms with Crippen molar-refractivity contribution in [2.75, 3.05) is 0 Å². The van der Waals surface area contributed by atoms with E-state index in [1.807, 2.05) is 0 Å². The van der Waals surface area contributed by atoms with Crippen LogP contribution >= 0.6 is 12.2 Å². The molecule has 2 aliphatic rings. The molecule has 0 aromatic heterocycles. The fraction of sp³-hybridized carbons (Fsp3) is 0.227. The molecular formula is C22H20F2N2S. The summed E-state index contributed by atoms with van der Waals surface area (Å²) in [5.41, 5.74) is 5.36. The first-order chi connectivity index (χ1) is 13.0. The average molecular weight is 382 g/mol. The molecular weight excluding hydrogens is 362 g/mol. The lowest BCUT2D eigenvalue weighted by Crippen LogP contribution is -2.45. The molecule has 2 atom stereocenters. The number of nitrogens with one attached hydrogen (secondary N) is 2. The van der Waals surface area contributed by atoms with Gasteiger partial charge in [0.2, 0.25) is 0 Å². The molecule has 0 amide bonds. The van der Waals surface area contributed by atoms with Gasteiger partial charge < -0.3 is 10.6 Å². The minimum atomic E-state index is -0.252. The summed E-state index contributed by atoms with van der Waals surface area (Å²) in [6.45, 7) is 2.22. The highest BCUT2D eigenvalue weighted by Crippen LogP contribution is 2.41. The molecule has 0 spiro atoms. The predicted octanol–water partition coefficient (Wildman–Crippen LogP) is 5.25. The first-order valence-electron chi connectivity index (χ1n) is 9.02. The second-order valence-corrected chi connectivity index (χ2v) is 7.63. The highest BCUT2D eigenvalue weighted by Gasteiger charge is 2.32. The number of allylic oxidation sites excluding steroid dienone is 1. The lowest BCUT2D eigenvalue weighted by Gasteiger charge is -2.38. The van der Waals surface area contributed by atoms with E-state index in [9.17, 15) is 8.78 Å².